The number of halogens is 4. The minimum atomic E-state index is -3.40. The van der Waals surface area contributed by atoms with Crippen LogP contribution in [0.15, 0.2) is 54.9 Å². The van der Waals surface area contributed by atoms with Gasteiger partial charge in [-0.25, -0.2) is 26.0 Å². The molecule has 7 nitrogen and oxygen atoms in total. The number of nitrogens with one attached hydrogen (secondary N) is 2. The summed E-state index contributed by atoms with van der Waals surface area (Å²) in [5.74, 6) is -4.11. The summed E-state index contributed by atoms with van der Waals surface area (Å²) in [7, 11) is -3.40. The number of anilines is 1. The van der Waals surface area contributed by atoms with E-state index in [0.29, 0.717) is 44.3 Å². The van der Waals surface area contributed by atoms with Gasteiger partial charge in [0.2, 0.25) is 15.9 Å². The minimum absolute atomic E-state index is 0.158. The van der Waals surface area contributed by atoms with Gasteiger partial charge in [0.15, 0.2) is 0 Å². The van der Waals surface area contributed by atoms with Crippen LogP contribution in [-0.4, -0.2) is 54.0 Å². The number of benzene rings is 2. The monoisotopic (exact) mass is 618 g/mol. The van der Waals surface area contributed by atoms with Gasteiger partial charge in [-0.05, 0) is 74.4 Å². The van der Waals surface area contributed by atoms with E-state index < -0.39 is 45.1 Å². The molecule has 1 aromatic heterocycles. The number of hydrogen-bond acceptors (Lipinski definition) is 5. The largest absolute Gasteiger partial charge is 0.324 e. The maximum absolute atomic E-state index is 15.0. The molecule has 0 spiro atoms. The summed E-state index contributed by atoms with van der Waals surface area (Å²) in [6.45, 7) is 2.95. The molecule has 1 saturated heterocycles. The van der Waals surface area contributed by atoms with Crippen molar-refractivity contribution in [3.63, 3.8) is 0 Å². The number of nitrogens with zero attached hydrogens (tertiary/aromatic N) is 2. The van der Waals surface area contributed by atoms with Crippen LogP contribution in [0.5, 0.6) is 0 Å². The zero-order chi connectivity index (χ0) is 30.7. The summed E-state index contributed by atoms with van der Waals surface area (Å²) in [5.41, 5.74) is 1.05. The summed E-state index contributed by atoms with van der Waals surface area (Å²) in [5, 5.41) is 5.65. The molecule has 3 atom stereocenters. The summed E-state index contributed by atoms with van der Waals surface area (Å²) in [4.78, 5) is 17.1. The molecule has 2 heterocycles. The van der Waals surface area contributed by atoms with Crippen molar-refractivity contribution in [3.05, 3.63) is 94.8 Å². The van der Waals surface area contributed by atoms with Gasteiger partial charge < -0.3 is 10.6 Å². The number of hydrogen-bond donors (Lipinski definition) is 2. The molecule has 2 fully saturated rings. The van der Waals surface area contributed by atoms with E-state index in [-0.39, 0.29) is 47.0 Å². The highest BCUT2D eigenvalue weighted by Crippen LogP contribution is 2.35. The van der Waals surface area contributed by atoms with Crippen LogP contribution in [-0.2, 0) is 21.2 Å². The fraction of sp³-hybridized carbons (Fsp3) is 0.419. The van der Waals surface area contributed by atoms with Crippen molar-refractivity contribution in [2.45, 2.75) is 68.7 Å². The molecule has 1 amide bonds. The topological polar surface area (TPSA) is 91.4 Å². The van der Waals surface area contributed by atoms with Gasteiger partial charge in [-0.2, -0.15) is 4.31 Å². The fourth-order valence-electron chi connectivity index (χ4n) is 5.85. The molecule has 43 heavy (non-hydrogen) atoms. The Bertz CT molecular complexity index is 1550. The molecule has 1 saturated carbocycles. The quantitative estimate of drug-likeness (QED) is 0.286. The Labute approximate surface area is 248 Å². The lowest BCUT2D eigenvalue weighted by Gasteiger charge is -2.40. The fourth-order valence-corrected chi connectivity index (χ4v) is 8.10. The van der Waals surface area contributed by atoms with Crippen LogP contribution in [0.4, 0.5) is 23.2 Å². The summed E-state index contributed by atoms with van der Waals surface area (Å²) in [6, 6.07) is 7.80. The third-order valence-corrected chi connectivity index (χ3v) is 10.6. The van der Waals surface area contributed by atoms with Gasteiger partial charge in [0.05, 0.1) is 23.3 Å². The van der Waals surface area contributed by atoms with Crippen molar-refractivity contribution in [2.24, 2.45) is 0 Å². The van der Waals surface area contributed by atoms with Gasteiger partial charge in [-0.15, -0.1) is 0 Å². The van der Waals surface area contributed by atoms with Crippen molar-refractivity contribution in [2.75, 3.05) is 18.4 Å². The van der Waals surface area contributed by atoms with Crippen molar-refractivity contribution in [1.29, 1.82) is 0 Å². The first-order valence-corrected chi connectivity index (χ1v) is 15.9. The number of aromatic nitrogens is 1. The number of sulfonamides is 1. The van der Waals surface area contributed by atoms with Gasteiger partial charge >= 0.3 is 0 Å². The van der Waals surface area contributed by atoms with Crippen LogP contribution in [0.2, 0.25) is 0 Å². The second-order valence-electron chi connectivity index (χ2n) is 11.3. The normalized spacial score (nSPS) is 20.1. The first-order valence-electron chi connectivity index (χ1n) is 14.4. The molecule has 1 aliphatic heterocycles. The molecule has 2 aromatic carbocycles. The smallest absolute Gasteiger partial charge is 0.225 e. The predicted octanol–water partition coefficient (Wildman–Crippen LogP) is 5.28. The van der Waals surface area contributed by atoms with E-state index in [1.54, 1.807) is 4.31 Å². The second kappa shape index (κ2) is 13.1. The summed E-state index contributed by atoms with van der Waals surface area (Å²) in [6.07, 6.45) is 4.65. The average molecular weight is 619 g/mol. The Morgan fingerprint density at radius 1 is 1.00 bits per heavy atom. The lowest BCUT2D eigenvalue weighted by Crippen LogP contribution is -2.58. The molecular formula is C31H34F4N4O3S. The molecule has 2 aliphatic rings. The Morgan fingerprint density at radius 3 is 2.37 bits per heavy atom. The average Bonchev–Trinajstić information content (AvgIpc) is 3.80. The molecular weight excluding hydrogens is 584 g/mol. The Hall–Kier alpha value is -3.35. The zero-order valence-corrected chi connectivity index (χ0v) is 24.5. The second-order valence-corrected chi connectivity index (χ2v) is 13.5. The molecule has 1 aliphatic carbocycles. The summed E-state index contributed by atoms with van der Waals surface area (Å²) < 4.78 is 84.5. The Kier molecular flexibility index (Phi) is 9.48. The Balaban J connectivity index is 1.30. The van der Waals surface area contributed by atoms with Crippen molar-refractivity contribution >= 4 is 21.6 Å². The van der Waals surface area contributed by atoms with E-state index in [1.165, 1.54) is 30.5 Å². The first-order chi connectivity index (χ1) is 20.5. The SMILES string of the molecule is CC1CNCC(CCCc2c(F)cncc2NC(=O)CC(c2ccc(F)cc2)c2cc(F)cc(F)c2)N1S(=O)(=O)C1CC1. The van der Waals surface area contributed by atoms with Gasteiger partial charge in [-0.3, -0.25) is 9.78 Å². The highest BCUT2D eigenvalue weighted by molar-refractivity contribution is 7.90. The van der Waals surface area contributed by atoms with Gasteiger partial charge in [0.25, 0.3) is 0 Å². The van der Waals surface area contributed by atoms with Crippen LogP contribution >= 0.6 is 0 Å². The van der Waals surface area contributed by atoms with Crippen LogP contribution < -0.4 is 10.6 Å². The molecule has 0 bridgehead atoms. The highest BCUT2D eigenvalue weighted by atomic mass is 32.2. The lowest BCUT2D eigenvalue weighted by atomic mass is 9.88. The van der Waals surface area contributed by atoms with E-state index in [9.17, 15) is 30.8 Å². The van der Waals surface area contributed by atoms with Crippen molar-refractivity contribution in [3.8, 4) is 0 Å². The maximum atomic E-state index is 15.0. The molecule has 5 rings (SSSR count). The number of piperazine rings is 1. The van der Waals surface area contributed by atoms with Gasteiger partial charge in [0.1, 0.15) is 23.3 Å². The minimum Gasteiger partial charge on any atom is -0.324 e. The molecule has 0 radical (unpaired) electrons. The molecule has 230 valence electrons. The van der Waals surface area contributed by atoms with Crippen molar-refractivity contribution < 1.29 is 30.8 Å². The lowest BCUT2D eigenvalue weighted by molar-refractivity contribution is -0.116. The molecule has 3 unspecified atom stereocenters. The third kappa shape index (κ3) is 7.42. The molecule has 3 aromatic rings. The van der Waals surface area contributed by atoms with Crippen molar-refractivity contribution in [1.82, 2.24) is 14.6 Å². The Morgan fingerprint density at radius 2 is 1.70 bits per heavy atom. The number of carbonyl (C=O) groups excluding carboxylic acids is 1. The van der Waals surface area contributed by atoms with Crippen LogP contribution in [0.3, 0.4) is 0 Å². The molecule has 12 heteroatoms. The summed E-state index contributed by atoms with van der Waals surface area (Å²) >= 11 is 0. The van der Waals surface area contributed by atoms with Gasteiger partial charge in [0, 0.05) is 49.1 Å². The van der Waals surface area contributed by atoms with Crippen LogP contribution in [0.1, 0.15) is 61.6 Å². The van der Waals surface area contributed by atoms with Crippen LogP contribution in [0, 0.1) is 23.3 Å². The highest BCUT2D eigenvalue weighted by Gasteiger charge is 2.45. The van der Waals surface area contributed by atoms with Crippen LogP contribution in [0.25, 0.3) is 0 Å². The van der Waals surface area contributed by atoms with E-state index in [2.05, 4.69) is 15.6 Å². The van der Waals surface area contributed by atoms with E-state index in [1.807, 2.05) is 6.92 Å². The molecule has 2 N–H and O–H groups in total. The van der Waals surface area contributed by atoms with E-state index in [0.717, 1.165) is 24.4 Å². The standard InChI is InChI=1S/C31H34F4N4O3S/c1-19-15-36-16-25(39(19)43(41,42)26-9-10-26)3-2-4-27-29(35)17-37-18-30(27)38-31(40)14-28(20-5-7-22(32)8-6-20)21-11-23(33)13-24(34)12-21/h5-8,11-13,17-19,25-26,28,36H,2-4,9-10,14-16H2,1H3,(H,38,40). The zero-order valence-electron chi connectivity index (χ0n) is 23.7. The number of amides is 1. The van der Waals surface area contributed by atoms with E-state index >= 15 is 0 Å². The van der Waals surface area contributed by atoms with E-state index in [4.69, 9.17) is 0 Å². The first kappa shape index (κ1) is 31.1. The number of pyridine rings is 1. The van der Waals surface area contributed by atoms with Gasteiger partial charge in [-0.1, -0.05) is 12.1 Å². The predicted molar refractivity (Wildman–Crippen MR) is 155 cm³/mol. The number of carbonyl (C=O) groups is 1. The maximum Gasteiger partial charge on any atom is 0.225 e. The third-order valence-electron chi connectivity index (χ3n) is 8.05. The number of rotatable bonds is 11.